The number of benzene rings is 2. The lowest BCUT2D eigenvalue weighted by Gasteiger charge is -2.24. The second-order valence-corrected chi connectivity index (χ2v) is 10.4. The Balaban J connectivity index is 1.47. The third-order valence-electron chi connectivity index (χ3n) is 6.74. The molecule has 0 fully saturated rings. The molecule has 0 spiro atoms. The lowest BCUT2D eigenvalue weighted by molar-refractivity contribution is -0.384. The van der Waals surface area contributed by atoms with E-state index in [4.69, 9.17) is 18.6 Å². The molecule has 1 atom stereocenters. The van der Waals surface area contributed by atoms with Crippen LogP contribution in [-0.4, -0.2) is 28.9 Å². The number of fused-ring (bicyclic) bond motifs is 2. The van der Waals surface area contributed by atoms with E-state index in [2.05, 4.69) is 4.99 Å². The van der Waals surface area contributed by atoms with Crippen molar-refractivity contribution in [1.82, 2.24) is 4.57 Å². The van der Waals surface area contributed by atoms with Crippen molar-refractivity contribution in [1.29, 1.82) is 0 Å². The van der Waals surface area contributed by atoms with Gasteiger partial charge in [-0.15, -0.1) is 0 Å². The molecule has 2 aromatic heterocycles. The molecule has 11 nitrogen and oxygen atoms in total. The minimum atomic E-state index is -0.815. The number of ether oxygens (including phenoxy) is 3. The molecule has 0 amide bonds. The standard InChI is InChI=1S/C29H23N3O8S/c1-4-37-28(34)25-16(3)30-29-31(26(25)17-6-9-22-23(12-17)39-14-38-22)27(33)24(41-29)13-18-7-10-21(40-18)19-8-5-15(2)11-20(19)32(35)36/h5-13,26H,4,14H2,1-3H3. The fourth-order valence-electron chi connectivity index (χ4n) is 4.90. The van der Waals surface area contributed by atoms with Crippen LogP contribution in [0.3, 0.4) is 0 Å². The molecule has 4 heterocycles. The highest BCUT2D eigenvalue weighted by molar-refractivity contribution is 7.07. The number of esters is 1. The highest BCUT2D eigenvalue weighted by atomic mass is 32.1. The number of hydrogen-bond donors (Lipinski definition) is 0. The Hall–Kier alpha value is -4.97. The van der Waals surface area contributed by atoms with Crippen LogP contribution in [0.4, 0.5) is 5.69 Å². The van der Waals surface area contributed by atoms with Crippen LogP contribution in [0.15, 0.2) is 74.0 Å². The Kier molecular flexibility index (Phi) is 6.54. The van der Waals surface area contributed by atoms with Crippen molar-refractivity contribution in [3.63, 3.8) is 0 Å². The summed E-state index contributed by atoms with van der Waals surface area (Å²) in [6, 6.07) is 12.6. The van der Waals surface area contributed by atoms with E-state index in [0.29, 0.717) is 49.2 Å². The average molecular weight is 574 g/mol. The van der Waals surface area contributed by atoms with Crippen LogP contribution >= 0.6 is 11.3 Å². The molecule has 0 saturated heterocycles. The number of carbonyl (C=O) groups excluding carboxylic acids is 1. The Labute approximate surface area is 236 Å². The van der Waals surface area contributed by atoms with Crippen LogP contribution in [-0.2, 0) is 9.53 Å². The van der Waals surface area contributed by atoms with E-state index in [0.717, 1.165) is 16.9 Å². The van der Waals surface area contributed by atoms with E-state index in [1.165, 1.54) is 10.6 Å². The smallest absolute Gasteiger partial charge is 0.338 e. The first-order valence-corrected chi connectivity index (χ1v) is 13.5. The molecular formula is C29H23N3O8S. The predicted molar refractivity (Wildman–Crippen MR) is 148 cm³/mol. The maximum atomic E-state index is 13.8. The number of nitro benzene ring substituents is 1. The number of aromatic nitrogens is 1. The summed E-state index contributed by atoms with van der Waals surface area (Å²) in [6.07, 6.45) is 1.56. The summed E-state index contributed by atoms with van der Waals surface area (Å²) in [5, 5.41) is 11.6. The van der Waals surface area contributed by atoms with Gasteiger partial charge in [0.15, 0.2) is 16.3 Å². The second-order valence-electron chi connectivity index (χ2n) is 9.39. The van der Waals surface area contributed by atoms with Crippen LogP contribution in [0, 0.1) is 17.0 Å². The zero-order valence-electron chi connectivity index (χ0n) is 22.2. The first-order chi connectivity index (χ1) is 19.7. The van der Waals surface area contributed by atoms with Crippen LogP contribution in [0.1, 0.15) is 36.8 Å². The van der Waals surface area contributed by atoms with Gasteiger partial charge in [-0.25, -0.2) is 9.79 Å². The normalized spacial score (nSPS) is 16.0. The first-order valence-electron chi connectivity index (χ1n) is 12.7. The molecular weight excluding hydrogens is 550 g/mol. The minimum Gasteiger partial charge on any atom is -0.463 e. The SMILES string of the molecule is CCOC(=O)C1=C(C)N=c2sc(=Cc3ccc(-c4ccc(C)cc4[N+](=O)[O-])o3)c(=O)n2C1c1ccc2c(c1)OCO2. The van der Waals surface area contributed by atoms with E-state index in [9.17, 15) is 19.7 Å². The molecule has 0 N–H and O–H groups in total. The highest BCUT2D eigenvalue weighted by Crippen LogP contribution is 2.38. The molecule has 208 valence electrons. The zero-order valence-corrected chi connectivity index (χ0v) is 23.0. The molecule has 0 aliphatic carbocycles. The van der Waals surface area contributed by atoms with Gasteiger partial charge in [-0.05, 0) is 62.2 Å². The third kappa shape index (κ3) is 4.61. The fraction of sp³-hybridized carbons (Fsp3) is 0.207. The van der Waals surface area contributed by atoms with Gasteiger partial charge < -0.3 is 18.6 Å². The van der Waals surface area contributed by atoms with Gasteiger partial charge in [0, 0.05) is 12.1 Å². The fourth-order valence-corrected chi connectivity index (χ4v) is 5.92. The largest absolute Gasteiger partial charge is 0.463 e. The second kappa shape index (κ2) is 10.2. The van der Waals surface area contributed by atoms with E-state index in [-0.39, 0.29) is 30.2 Å². The van der Waals surface area contributed by atoms with Crippen molar-refractivity contribution in [3.05, 3.63) is 106 Å². The molecule has 1 unspecified atom stereocenters. The lowest BCUT2D eigenvalue weighted by atomic mass is 9.95. The predicted octanol–water partition coefficient (Wildman–Crippen LogP) is 4.00. The molecule has 2 aliphatic rings. The van der Waals surface area contributed by atoms with Gasteiger partial charge in [0.1, 0.15) is 11.5 Å². The summed E-state index contributed by atoms with van der Waals surface area (Å²) in [6.45, 7) is 5.43. The molecule has 0 bridgehead atoms. The number of hydrogen-bond acceptors (Lipinski definition) is 10. The number of furan rings is 1. The summed E-state index contributed by atoms with van der Waals surface area (Å²) in [4.78, 5) is 43.1. The van der Waals surface area contributed by atoms with Crippen LogP contribution in [0.5, 0.6) is 11.5 Å². The maximum absolute atomic E-state index is 13.8. The molecule has 2 aromatic carbocycles. The van der Waals surface area contributed by atoms with Gasteiger partial charge in [0.05, 0.1) is 38.9 Å². The minimum absolute atomic E-state index is 0.0732. The molecule has 4 aromatic rings. The Morgan fingerprint density at radius 1 is 1.17 bits per heavy atom. The number of carbonyl (C=O) groups is 1. The number of rotatable bonds is 6. The van der Waals surface area contributed by atoms with Gasteiger partial charge in [-0.3, -0.25) is 19.5 Å². The van der Waals surface area contributed by atoms with Gasteiger partial charge in [-0.2, -0.15) is 0 Å². The van der Waals surface area contributed by atoms with E-state index in [1.54, 1.807) is 69.3 Å². The third-order valence-corrected chi connectivity index (χ3v) is 7.73. The Morgan fingerprint density at radius 3 is 2.76 bits per heavy atom. The van der Waals surface area contributed by atoms with Crippen molar-refractivity contribution in [3.8, 4) is 22.8 Å². The number of nitro groups is 1. The number of allylic oxidation sites excluding steroid dienone is 1. The molecule has 2 aliphatic heterocycles. The van der Waals surface area contributed by atoms with Crippen molar-refractivity contribution >= 4 is 29.1 Å². The van der Waals surface area contributed by atoms with Crippen molar-refractivity contribution in [2.45, 2.75) is 26.8 Å². The van der Waals surface area contributed by atoms with Crippen LogP contribution in [0.2, 0.25) is 0 Å². The van der Waals surface area contributed by atoms with Crippen molar-refractivity contribution < 1.29 is 28.3 Å². The number of thiazole rings is 1. The van der Waals surface area contributed by atoms with Gasteiger partial charge >= 0.3 is 5.97 Å². The monoisotopic (exact) mass is 573 g/mol. The topological polar surface area (TPSA) is 135 Å². The van der Waals surface area contributed by atoms with Gasteiger partial charge in [-0.1, -0.05) is 23.5 Å². The van der Waals surface area contributed by atoms with Crippen molar-refractivity contribution in [2.75, 3.05) is 13.4 Å². The average Bonchev–Trinajstić information content (AvgIpc) is 3.67. The summed E-state index contributed by atoms with van der Waals surface area (Å²) in [5.74, 6) is 1.15. The Morgan fingerprint density at radius 2 is 1.98 bits per heavy atom. The molecule has 0 radical (unpaired) electrons. The van der Waals surface area contributed by atoms with Gasteiger partial charge in [0.25, 0.3) is 11.2 Å². The summed E-state index contributed by atoms with van der Waals surface area (Å²) >= 11 is 1.14. The Bertz CT molecular complexity index is 1950. The quantitative estimate of drug-likeness (QED) is 0.192. The molecule has 6 rings (SSSR count). The van der Waals surface area contributed by atoms with Crippen LogP contribution < -0.4 is 24.4 Å². The maximum Gasteiger partial charge on any atom is 0.338 e. The molecule has 12 heteroatoms. The lowest BCUT2D eigenvalue weighted by Crippen LogP contribution is -2.39. The summed E-state index contributed by atoms with van der Waals surface area (Å²) in [7, 11) is 0. The summed E-state index contributed by atoms with van der Waals surface area (Å²) < 4.78 is 24.0. The zero-order chi connectivity index (χ0) is 28.8. The van der Waals surface area contributed by atoms with E-state index >= 15 is 0 Å². The van der Waals surface area contributed by atoms with E-state index in [1.807, 2.05) is 0 Å². The highest BCUT2D eigenvalue weighted by Gasteiger charge is 2.34. The van der Waals surface area contributed by atoms with E-state index < -0.39 is 16.9 Å². The summed E-state index contributed by atoms with van der Waals surface area (Å²) in [5.41, 5.74) is 1.94. The molecule has 41 heavy (non-hydrogen) atoms. The van der Waals surface area contributed by atoms with Gasteiger partial charge in [0.2, 0.25) is 6.79 Å². The molecule has 0 saturated carbocycles. The number of aryl methyl sites for hydroxylation is 1. The van der Waals surface area contributed by atoms with Crippen molar-refractivity contribution in [2.24, 2.45) is 4.99 Å². The number of nitrogens with zero attached hydrogens (tertiary/aromatic N) is 3. The van der Waals surface area contributed by atoms with Crippen LogP contribution in [0.25, 0.3) is 17.4 Å². The first kappa shape index (κ1) is 26.3.